The zero-order valence-electron chi connectivity index (χ0n) is 20.2. The summed E-state index contributed by atoms with van der Waals surface area (Å²) in [5, 5.41) is 12.4. The second-order valence-corrected chi connectivity index (χ2v) is 10.2. The average molecular weight is 461 g/mol. The van der Waals surface area contributed by atoms with Crippen molar-refractivity contribution in [1.82, 2.24) is 9.80 Å². The van der Waals surface area contributed by atoms with E-state index in [1.807, 2.05) is 29.2 Å². The van der Waals surface area contributed by atoms with Crippen LogP contribution in [0.4, 0.5) is 0 Å². The summed E-state index contributed by atoms with van der Waals surface area (Å²) in [5.74, 6) is 0.921. The van der Waals surface area contributed by atoms with E-state index in [2.05, 4.69) is 42.2 Å². The molecule has 0 radical (unpaired) electrons. The number of piperidine rings is 2. The fourth-order valence-electron chi connectivity index (χ4n) is 5.45. The Kier molecular flexibility index (Phi) is 6.75. The van der Waals surface area contributed by atoms with Gasteiger partial charge in [0.1, 0.15) is 5.58 Å². The van der Waals surface area contributed by atoms with Gasteiger partial charge in [0.15, 0.2) is 5.76 Å². The van der Waals surface area contributed by atoms with Crippen molar-refractivity contribution in [3.8, 4) is 0 Å². The maximum absolute atomic E-state index is 12.8. The molecule has 180 valence electrons. The van der Waals surface area contributed by atoms with Crippen LogP contribution in [0.5, 0.6) is 0 Å². The predicted molar refractivity (Wildman–Crippen MR) is 135 cm³/mol. The summed E-state index contributed by atoms with van der Waals surface area (Å²) in [4.78, 5) is 17.2. The Hall–Kier alpha value is -2.63. The van der Waals surface area contributed by atoms with Crippen LogP contribution < -0.4 is 0 Å². The lowest BCUT2D eigenvalue weighted by atomic mass is 9.84. The molecule has 1 atom stereocenters. The number of nitrogens with zero attached hydrogens (tertiary/aromatic N) is 2. The SMILES string of the molecule is C[C@H](CCN1CCC(O)(c2ccc3oc(C(=O)N4CCCCC4)cc3c2)CC1)c1ccccc1. The highest BCUT2D eigenvalue weighted by Crippen LogP contribution is 2.35. The molecule has 1 aromatic heterocycles. The Balaban J connectivity index is 1.21. The van der Waals surface area contributed by atoms with Gasteiger partial charge in [0.25, 0.3) is 5.91 Å². The molecule has 1 amide bonds. The van der Waals surface area contributed by atoms with E-state index in [1.165, 1.54) is 12.0 Å². The minimum Gasteiger partial charge on any atom is -0.451 e. The second-order valence-electron chi connectivity index (χ2n) is 10.2. The number of fused-ring (bicyclic) bond motifs is 1. The number of carbonyl (C=O) groups excluding carboxylic acids is 1. The van der Waals surface area contributed by atoms with Crippen LogP contribution in [-0.2, 0) is 5.60 Å². The Morgan fingerprint density at radius 3 is 2.47 bits per heavy atom. The highest BCUT2D eigenvalue weighted by molar-refractivity contribution is 5.96. The Labute approximate surface area is 202 Å². The number of amides is 1. The Morgan fingerprint density at radius 2 is 1.74 bits per heavy atom. The van der Waals surface area contributed by atoms with Crippen molar-refractivity contribution in [2.45, 2.75) is 57.0 Å². The quantitative estimate of drug-likeness (QED) is 0.525. The largest absolute Gasteiger partial charge is 0.451 e. The van der Waals surface area contributed by atoms with Crippen molar-refractivity contribution in [1.29, 1.82) is 0 Å². The highest BCUT2D eigenvalue weighted by Gasteiger charge is 2.34. The van der Waals surface area contributed by atoms with Crippen LogP contribution >= 0.6 is 0 Å². The first-order valence-corrected chi connectivity index (χ1v) is 12.8. The van der Waals surface area contributed by atoms with Crippen LogP contribution in [-0.4, -0.2) is 53.5 Å². The van der Waals surface area contributed by atoms with E-state index in [-0.39, 0.29) is 5.91 Å². The molecule has 34 heavy (non-hydrogen) atoms. The third kappa shape index (κ3) is 4.91. The molecule has 0 unspecified atom stereocenters. The summed E-state index contributed by atoms with van der Waals surface area (Å²) in [6.45, 7) is 6.73. The molecule has 2 fully saturated rings. The summed E-state index contributed by atoms with van der Waals surface area (Å²) < 4.78 is 5.89. The van der Waals surface area contributed by atoms with Gasteiger partial charge >= 0.3 is 0 Å². The van der Waals surface area contributed by atoms with Gasteiger partial charge < -0.3 is 19.3 Å². The van der Waals surface area contributed by atoms with E-state index in [1.54, 1.807) is 0 Å². The molecule has 0 aliphatic carbocycles. The van der Waals surface area contributed by atoms with Gasteiger partial charge in [-0.15, -0.1) is 0 Å². The number of rotatable bonds is 6. The van der Waals surface area contributed by atoms with Gasteiger partial charge in [0, 0.05) is 31.6 Å². The van der Waals surface area contributed by atoms with Crippen molar-refractivity contribution < 1.29 is 14.3 Å². The van der Waals surface area contributed by atoms with Crippen LogP contribution in [0.2, 0.25) is 0 Å². The molecule has 5 nitrogen and oxygen atoms in total. The number of furan rings is 1. The highest BCUT2D eigenvalue weighted by atomic mass is 16.3. The summed E-state index contributed by atoms with van der Waals surface area (Å²) >= 11 is 0. The molecule has 0 spiro atoms. The molecule has 5 rings (SSSR count). The molecular weight excluding hydrogens is 424 g/mol. The van der Waals surface area contributed by atoms with Crippen LogP contribution in [0.15, 0.2) is 59.0 Å². The average Bonchev–Trinajstić information content (AvgIpc) is 3.32. The molecular formula is C29H36N2O3. The maximum Gasteiger partial charge on any atom is 0.289 e. The van der Waals surface area contributed by atoms with Crippen molar-refractivity contribution in [2.24, 2.45) is 0 Å². The summed E-state index contributed by atoms with van der Waals surface area (Å²) in [6.07, 6.45) is 5.87. The Morgan fingerprint density at radius 1 is 1.00 bits per heavy atom. The first-order valence-electron chi connectivity index (χ1n) is 12.8. The number of aliphatic hydroxyl groups is 1. The molecule has 3 heterocycles. The van der Waals surface area contributed by atoms with Gasteiger partial charge in [0.05, 0.1) is 5.60 Å². The van der Waals surface area contributed by atoms with Gasteiger partial charge in [-0.3, -0.25) is 4.79 Å². The lowest BCUT2D eigenvalue weighted by Crippen LogP contribution is -2.43. The van der Waals surface area contributed by atoms with Crippen molar-refractivity contribution in [3.63, 3.8) is 0 Å². The molecule has 0 saturated carbocycles. The van der Waals surface area contributed by atoms with Crippen LogP contribution in [0.3, 0.4) is 0 Å². The standard InChI is InChI=1S/C29H36N2O3/c1-22(23-8-4-2-5-9-23)12-17-30-18-13-29(33,14-19-30)25-10-11-26-24(20-25)21-27(34-26)28(32)31-15-6-3-7-16-31/h2,4-5,8-11,20-22,33H,3,6-7,12-19H2,1H3/t22-/m1/s1. The zero-order chi connectivity index (χ0) is 23.5. The summed E-state index contributed by atoms with van der Waals surface area (Å²) in [6, 6.07) is 18.4. The normalized spacial score (nSPS) is 19.9. The maximum atomic E-state index is 12.8. The van der Waals surface area contributed by atoms with Gasteiger partial charge in [-0.1, -0.05) is 43.3 Å². The topological polar surface area (TPSA) is 56.9 Å². The van der Waals surface area contributed by atoms with E-state index in [0.29, 0.717) is 17.3 Å². The van der Waals surface area contributed by atoms with Gasteiger partial charge in [0.2, 0.25) is 0 Å². The fourth-order valence-corrected chi connectivity index (χ4v) is 5.45. The number of carbonyl (C=O) groups is 1. The van der Waals surface area contributed by atoms with Gasteiger partial charge in [-0.05, 0) is 80.3 Å². The zero-order valence-corrected chi connectivity index (χ0v) is 20.2. The fraction of sp³-hybridized carbons (Fsp3) is 0.483. The molecule has 2 aliphatic rings. The second kappa shape index (κ2) is 9.93. The monoisotopic (exact) mass is 460 g/mol. The van der Waals surface area contributed by atoms with Crippen LogP contribution in [0.1, 0.15) is 73.0 Å². The van der Waals surface area contributed by atoms with E-state index < -0.39 is 5.60 Å². The predicted octanol–water partition coefficient (Wildman–Crippen LogP) is 5.54. The molecule has 5 heteroatoms. The van der Waals surface area contributed by atoms with E-state index in [4.69, 9.17) is 4.42 Å². The lowest BCUT2D eigenvalue weighted by molar-refractivity contribution is -0.0261. The van der Waals surface area contributed by atoms with Crippen molar-refractivity contribution in [2.75, 3.05) is 32.7 Å². The number of benzene rings is 2. The molecule has 2 aromatic carbocycles. The number of hydrogen-bond acceptors (Lipinski definition) is 4. The van der Waals surface area contributed by atoms with E-state index in [0.717, 1.165) is 75.8 Å². The smallest absolute Gasteiger partial charge is 0.289 e. The number of hydrogen-bond donors (Lipinski definition) is 1. The first-order chi connectivity index (χ1) is 16.5. The molecule has 0 bridgehead atoms. The number of likely N-dealkylation sites (tertiary alicyclic amines) is 2. The van der Waals surface area contributed by atoms with E-state index >= 15 is 0 Å². The lowest BCUT2D eigenvalue weighted by Gasteiger charge is -2.39. The summed E-state index contributed by atoms with van der Waals surface area (Å²) in [5.41, 5.74) is 2.20. The molecule has 1 N–H and O–H groups in total. The van der Waals surface area contributed by atoms with Crippen LogP contribution in [0.25, 0.3) is 11.0 Å². The van der Waals surface area contributed by atoms with E-state index in [9.17, 15) is 9.90 Å². The van der Waals surface area contributed by atoms with Crippen molar-refractivity contribution >= 4 is 16.9 Å². The third-order valence-corrected chi connectivity index (χ3v) is 7.84. The minimum atomic E-state index is -0.829. The third-order valence-electron chi connectivity index (χ3n) is 7.84. The van der Waals surface area contributed by atoms with Crippen molar-refractivity contribution in [3.05, 3.63) is 71.5 Å². The van der Waals surface area contributed by atoms with Crippen LogP contribution in [0, 0.1) is 0 Å². The molecule has 2 aliphatic heterocycles. The molecule has 2 saturated heterocycles. The van der Waals surface area contributed by atoms with Gasteiger partial charge in [-0.2, -0.15) is 0 Å². The Bertz CT molecular complexity index is 1110. The first kappa shape index (κ1) is 23.1. The summed E-state index contributed by atoms with van der Waals surface area (Å²) in [7, 11) is 0. The minimum absolute atomic E-state index is 0.0193. The molecule has 3 aromatic rings. The van der Waals surface area contributed by atoms with Gasteiger partial charge in [-0.25, -0.2) is 0 Å².